The Kier molecular flexibility index (Phi) is 5.31. The molecule has 0 amide bonds. The van der Waals surface area contributed by atoms with Crippen molar-refractivity contribution in [2.45, 2.75) is 55.9 Å². The minimum Gasteiger partial charge on any atom is -0.337 e. The molecule has 0 saturated heterocycles. The molecule has 1 heteroatoms. The summed E-state index contributed by atoms with van der Waals surface area (Å²) in [5.41, 5.74) is 15.7. The van der Waals surface area contributed by atoms with Gasteiger partial charge in [-0.3, -0.25) is 0 Å². The van der Waals surface area contributed by atoms with E-state index in [1.165, 1.54) is 84.7 Å². The van der Waals surface area contributed by atoms with Crippen LogP contribution in [0.5, 0.6) is 0 Å². The highest BCUT2D eigenvalue weighted by Crippen LogP contribution is 2.64. The van der Waals surface area contributed by atoms with E-state index in [4.69, 9.17) is 0 Å². The maximum atomic E-state index is 2.74. The van der Waals surface area contributed by atoms with E-state index in [1.54, 1.807) is 11.1 Å². The van der Waals surface area contributed by atoms with Crippen LogP contribution in [0, 0.1) is 0 Å². The molecule has 1 saturated carbocycles. The van der Waals surface area contributed by atoms with E-state index in [-0.39, 0.29) is 5.41 Å². The molecule has 230 valence electrons. The Hall–Kier alpha value is -5.14. The summed E-state index contributed by atoms with van der Waals surface area (Å²) in [6.07, 6.45) is 2.39. The van der Waals surface area contributed by atoms with Gasteiger partial charge in [0.1, 0.15) is 0 Å². The van der Waals surface area contributed by atoms with Crippen LogP contribution in [0.4, 0.5) is 11.4 Å². The summed E-state index contributed by atoms with van der Waals surface area (Å²) in [4.78, 5) is 2.74. The van der Waals surface area contributed by atoms with Gasteiger partial charge in [-0.25, -0.2) is 0 Å². The predicted octanol–water partition coefficient (Wildman–Crippen LogP) is 12.2. The Bertz CT molecular complexity index is 2370. The molecule has 0 N–H and O–H groups in total. The van der Waals surface area contributed by atoms with Crippen molar-refractivity contribution in [2.75, 3.05) is 4.90 Å². The van der Waals surface area contributed by atoms with Gasteiger partial charge >= 0.3 is 0 Å². The zero-order chi connectivity index (χ0) is 31.7. The molecule has 2 heterocycles. The van der Waals surface area contributed by atoms with E-state index in [9.17, 15) is 0 Å². The highest BCUT2D eigenvalue weighted by molar-refractivity contribution is 5.96. The summed E-state index contributed by atoms with van der Waals surface area (Å²) < 4.78 is 0. The summed E-state index contributed by atoms with van der Waals surface area (Å²) in [5, 5.41) is 5.40. The van der Waals surface area contributed by atoms with Crippen molar-refractivity contribution >= 4 is 32.9 Å². The second kappa shape index (κ2) is 9.48. The van der Waals surface area contributed by atoms with E-state index in [2.05, 4.69) is 158 Å². The molecule has 48 heavy (non-hydrogen) atoms. The Balaban J connectivity index is 0.989. The maximum Gasteiger partial charge on any atom is 0.0481 e. The lowest BCUT2D eigenvalue weighted by atomic mass is 9.67. The van der Waals surface area contributed by atoms with Crippen LogP contribution < -0.4 is 4.90 Å². The van der Waals surface area contributed by atoms with Crippen molar-refractivity contribution in [2.24, 2.45) is 0 Å². The first kappa shape index (κ1) is 26.9. The van der Waals surface area contributed by atoms with Gasteiger partial charge in [-0.1, -0.05) is 123 Å². The highest BCUT2D eigenvalue weighted by atomic mass is 15.2. The molecule has 2 aliphatic heterocycles. The smallest absolute Gasteiger partial charge is 0.0481 e. The first-order chi connectivity index (χ1) is 23.5. The first-order valence-electron chi connectivity index (χ1n) is 17.7. The number of fused-ring (bicyclic) bond motifs is 11. The molecule has 0 spiro atoms. The molecular weight excluding hydrogens is 579 g/mol. The van der Waals surface area contributed by atoms with Crippen molar-refractivity contribution in [3.05, 3.63) is 167 Å². The molecular formula is C47H37N. The SMILES string of the molecule is CC1(C)c2ccccc2-c2ccc(-c3ccc(C4CC5c6cc7ccccc7cc6N6c7cc8ccccc8cc7C(C4)C56)cc3)cc21. The van der Waals surface area contributed by atoms with Gasteiger partial charge in [-0.15, -0.1) is 0 Å². The monoisotopic (exact) mass is 615 g/mol. The van der Waals surface area contributed by atoms with E-state index in [0.717, 1.165) is 0 Å². The van der Waals surface area contributed by atoms with E-state index in [1.807, 2.05) is 0 Å². The Labute approximate surface area is 282 Å². The maximum absolute atomic E-state index is 2.74. The summed E-state index contributed by atoms with van der Waals surface area (Å²) in [6, 6.07) is 54.0. The largest absolute Gasteiger partial charge is 0.337 e. The minimum absolute atomic E-state index is 0.0141. The molecule has 11 rings (SSSR count). The molecule has 4 aliphatic rings. The van der Waals surface area contributed by atoms with Crippen LogP contribution in [0.15, 0.2) is 140 Å². The van der Waals surface area contributed by atoms with Crippen LogP contribution in [0.3, 0.4) is 0 Å². The zero-order valence-corrected chi connectivity index (χ0v) is 27.4. The summed E-state index contributed by atoms with van der Waals surface area (Å²) >= 11 is 0. The van der Waals surface area contributed by atoms with E-state index >= 15 is 0 Å². The van der Waals surface area contributed by atoms with Gasteiger partial charge in [0, 0.05) is 34.7 Å². The molecule has 7 aromatic rings. The van der Waals surface area contributed by atoms with Gasteiger partial charge in [0.05, 0.1) is 0 Å². The van der Waals surface area contributed by atoms with Gasteiger partial charge in [-0.2, -0.15) is 0 Å². The number of hydrogen-bond donors (Lipinski definition) is 0. The van der Waals surface area contributed by atoms with Crippen molar-refractivity contribution in [3.63, 3.8) is 0 Å². The lowest BCUT2D eigenvalue weighted by Crippen LogP contribution is -2.35. The number of rotatable bonds is 2. The molecule has 2 unspecified atom stereocenters. The summed E-state index contributed by atoms with van der Waals surface area (Å²) in [6.45, 7) is 4.74. The second-order valence-corrected chi connectivity index (χ2v) is 15.3. The van der Waals surface area contributed by atoms with Crippen molar-refractivity contribution < 1.29 is 0 Å². The predicted molar refractivity (Wildman–Crippen MR) is 201 cm³/mol. The number of benzene rings is 7. The Morgan fingerprint density at radius 3 is 1.65 bits per heavy atom. The highest BCUT2D eigenvalue weighted by Gasteiger charge is 2.53. The number of anilines is 2. The van der Waals surface area contributed by atoms with Gasteiger partial charge in [-0.05, 0) is 121 Å². The molecule has 2 atom stereocenters. The van der Waals surface area contributed by atoms with Crippen molar-refractivity contribution in [1.82, 2.24) is 0 Å². The van der Waals surface area contributed by atoms with Crippen molar-refractivity contribution in [3.8, 4) is 22.3 Å². The number of nitrogens with zero attached hydrogens (tertiary/aromatic N) is 1. The third-order valence-electron chi connectivity index (χ3n) is 12.6. The average Bonchev–Trinajstić information content (AvgIpc) is 3.71. The second-order valence-electron chi connectivity index (χ2n) is 15.3. The average molecular weight is 616 g/mol. The normalized spacial score (nSPS) is 22.3. The van der Waals surface area contributed by atoms with Crippen molar-refractivity contribution in [1.29, 1.82) is 0 Å². The fourth-order valence-electron chi connectivity index (χ4n) is 10.3. The quantitative estimate of drug-likeness (QED) is 0.187. The Morgan fingerprint density at radius 1 is 0.500 bits per heavy atom. The van der Waals surface area contributed by atoms with Crippen LogP contribution in [-0.4, -0.2) is 6.04 Å². The third-order valence-corrected chi connectivity index (χ3v) is 12.6. The van der Waals surface area contributed by atoms with Crippen LogP contribution in [0.25, 0.3) is 43.8 Å². The molecule has 0 radical (unpaired) electrons. The lowest BCUT2D eigenvalue weighted by molar-refractivity contribution is 0.333. The van der Waals surface area contributed by atoms with Crippen LogP contribution in [0.2, 0.25) is 0 Å². The summed E-state index contributed by atoms with van der Waals surface area (Å²) in [7, 11) is 0. The minimum atomic E-state index is 0.0141. The third kappa shape index (κ3) is 3.57. The molecule has 7 aromatic carbocycles. The standard InChI is InChI=1S/C47H37N/c1-47(2)42-14-8-7-13-36(42)37-20-19-34(25-43(37)47)28-15-17-29(18-16-28)35-23-40-38-21-30-9-3-5-11-32(30)26-44(38)48-45-27-33-12-6-4-10-31(33)22-39(45)41(24-35)46(40)48/h3-22,25-27,35,40-41,46H,23-24H2,1-2H3. The molecule has 1 nitrogen and oxygen atoms in total. The first-order valence-corrected chi connectivity index (χ1v) is 17.7. The molecule has 1 fully saturated rings. The number of hydrogen-bond acceptors (Lipinski definition) is 1. The van der Waals surface area contributed by atoms with E-state index < -0.39 is 0 Å². The molecule has 0 bridgehead atoms. The fourth-order valence-corrected chi connectivity index (χ4v) is 10.3. The molecule has 2 aliphatic carbocycles. The summed E-state index contributed by atoms with van der Waals surface area (Å²) in [5.74, 6) is 1.56. The zero-order valence-electron chi connectivity index (χ0n) is 27.4. The van der Waals surface area contributed by atoms with Crippen LogP contribution >= 0.6 is 0 Å². The van der Waals surface area contributed by atoms with Gasteiger partial charge < -0.3 is 4.90 Å². The Morgan fingerprint density at radius 2 is 1.02 bits per heavy atom. The topological polar surface area (TPSA) is 3.24 Å². The van der Waals surface area contributed by atoms with E-state index in [0.29, 0.717) is 23.8 Å². The van der Waals surface area contributed by atoms with Gasteiger partial charge in [0.2, 0.25) is 0 Å². The molecule has 0 aromatic heterocycles. The lowest BCUT2D eigenvalue weighted by Gasteiger charge is -2.37. The van der Waals surface area contributed by atoms with Gasteiger partial charge in [0.15, 0.2) is 0 Å². The van der Waals surface area contributed by atoms with Crippen LogP contribution in [0.1, 0.15) is 72.3 Å². The fraction of sp³-hybridized carbons (Fsp3) is 0.191. The van der Waals surface area contributed by atoms with Gasteiger partial charge in [0.25, 0.3) is 0 Å². The van der Waals surface area contributed by atoms with Crippen LogP contribution in [-0.2, 0) is 5.41 Å².